The number of rotatable bonds is 3. The number of fused-ring (bicyclic) bond motifs is 1. The molecule has 154 valence electrons. The molecule has 1 aromatic heterocycles. The molecule has 0 aliphatic carbocycles. The van der Waals surface area contributed by atoms with E-state index in [4.69, 9.17) is 4.74 Å². The summed E-state index contributed by atoms with van der Waals surface area (Å²) in [6.45, 7) is 1.72. The van der Waals surface area contributed by atoms with Crippen molar-refractivity contribution in [1.82, 2.24) is 4.57 Å². The van der Waals surface area contributed by atoms with Gasteiger partial charge in [-0.05, 0) is 54.4 Å². The minimum Gasteiger partial charge on any atom is -0.482 e. The first kappa shape index (κ1) is 19.6. The number of carbonyl (C=O) groups is 1. The van der Waals surface area contributed by atoms with Gasteiger partial charge < -0.3 is 14.8 Å². The van der Waals surface area contributed by atoms with Crippen molar-refractivity contribution in [1.29, 1.82) is 0 Å². The van der Waals surface area contributed by atoms with Gasteiger partial charge in [0.1, 0.15) is 11.5 Å². The minimum atomic E-state index is -4.79. The van der Waals surface area contributed by atoms with Crippen molar-refractivity contribution in [2.24, 2.45) is 0 Å². The average molecular weight is 416 g/mol. The highest BCUT2D eigenvalue weighted by molar-refractivity contribution is 5.96. The lowest BCUT2D eigenvalue weighted by molar-refractivity contribution is -0.274. The number of nitrogens with zero attached hydrogens (tertiary/aromatic N) is 1. The molecule has 0 saturated carbocycles. The van der Waals surface area contributed by atoms with E-state index in [-0.39, 0.29) is 23.8 Å². The number of benzene rings is 2. The molecule has 2 heterocycles. The van der Waals surface area contributed by atoms with Gasteiger partial charge in [-0.25, -0.2) is 0 Å². The number of aryl methyl sites for hydroxylation is 1. The largest absolute Gasteiger partial charge is 0.573 e. The Morgan fingerprint density at radius 1 is 1.07 bits per heavy atom. The van der Waals surface area contributed by atoms with E-state index in [1.807, 2.05) is 0 Å². The molecule has 0 saturated heterocycles. The molecule has 30 heavy (non-hydrogen) atoms. The fourth-order valence-corrected chi connectivity index (χ4v) is 3.19. The van der Waals surface area contributed by atoms with Gasteiger partial charge in [0, 0.05) is 23.5 Å². The Kier molecular flexibility index (Phi) is 4.73. The molecule has 6 nitrogen and oxygen atoms in total. The van der Waals surface area contributed by atoms with Gasteiger partial charge in [-0.1, -0.05) is 6.07 Å². The summed E-state index contributed by atoms with van der Waals surface area (Å²) >= 11 is 0. The van der Waals surface area contributed by atoms with Crippen molar-refractivity contribution in [3.63, 3.8) is 0 Å². The third kappa shape index (κ3) is 4.00. The fraction of sp³-hybridized carbons (Fsp3) is 0.143. The van der Waals surface area contributed by atoms with Gasteiger partial charge in [0.15, 0.2) is 6.61 Å². The summed E-state index contributed by atoms with van der Waals surface area (Å²) in [6.07, 6.45) is -3.19. The molecule has 1 aliphatic heterocycles. The third-order valence-electron chi connectivity index (χ3n) is 4.53. The Bertz CT molecular complexity index is 1180. The molecule has 0 bridgehead atoms. The lowest BCUT2D eigenvalue weighted by Crippen LogP contribution is -2.25. The van der Waals surface area contributed by atoms with E-state index in [2.05, 4.69) is 10.1 Å². The van der Waals surface area contributed by atoms with Gasteiger partial charge in [-0.2, -0.15) is 0 Å². The molecule has 0 spiro atoms. The van der Waals surface area contributed by atoms with E-state index in [0.717, 1.165) is 17.7 Å². The zero-order valence-electron chi connectivity index (χ0n) is 15.6. The van der Waals surface area contributed by atoms with Crippen LogP contribution in [0.4, 0.5) is 18.9 Å². The second-order valence-electron chi connectivity index (χ2n) is 6.67. The first-order chi connectivity index (χ1) is 14.2. The average Bonchev–Trinajstić information content (AvgIpc) is 2.67. The zero-order valence-corrected chi connectivity index (χ0v) is 15.6. The number of aromatic nitrogens is 1. The highest BCUT2D eigenvalue weighted by atomic mass is 19.4. The number of alkyl halides is 3. The topological polar surface area (TPSA) is 69.6 Å². The van der Waals surface area contributed by atoms with Crippen molar-refractivity contribution >= 4 is 11.6 Å². The normalized spacial score (nSPS) is 13.3. The Labute approximate surface area is 168 Å². The van der Waals surface area contributed by atoms with Gasteiger partial charge in [0.2, 0.25) is 0 Å². The van der Waals surface area contributed by atoms with E-state index in [9.17, 15) is 22.8 Å². The summed E-state index contributed by atoms with van der Waals surface area (Å²) in [7, 11) is 0. The monoisotopic (exact) mass is 416 g/mol. The quantitative estimate of drug-likeness (QED) is 0.700. The maximum atomic E-state index is 12.5. The molecule has 3 aromatic rings. The highest BCUT2D eigenvalue weighted by Crippen LogP contribution is 2.33. The molecule has 0 unspecified atom stereocenters. The summed E-state index contributed by atoms with van der Waals surface area (Å²) in [5.41, 5.74) is 2.72. The van der Waals surface area contributed by atoms with Crippen molar-refractivity contribution in [2.45, 2.75) is 13.3 Å². The van der Waals surface area contributed by atoms with Crippen molar-refractivity contribution in [3.8, 4) is 28.3 Å². The Balaban J connectivity index is 1.72. The number of hydrogen-bond donors (Lipinski definition) is 1. The number of ether oxygens (including phenoxy) is 2. The number of amides is 1. The van der Waals surface area contributed by atoms with Crippen molar-refractivity contribution in [3.05, 3.63) is 70.6 Å². The number of hydrogen-bond acceptors (Lipinski definition) is 4. The number of pyridine rings is 1. The van der Waals surface area contributed by atoms with Crippen LogP contribution in [0.5, 0.6) is 11.5 Å². The Hall–Kier alpha value is -3.75. The summed E-state index contributed by atoms with van der Waals surface area (Å²) in [5.74, 6) is -0.0934. The van der Waals surface area contributed by atoms with Gasteiger partial charge >= 0.3 is 6.36 Å². The molecule has 9 heteroatoms. The van der Waals surface area contributed by atoms with Crippen LogP contribution in [0.2, 0.25) is 0 Å². The van der Waals surface area contributed by atoms with Crippen LogP contribution in [0, 0.1) is 6.92 Å². The molecule has 0 atom stereocenters. The highest BCUT2D eigenvalue weighted by Gasteiger charge is 2.31. The number of nitrogens with one attached hydrogen (secondary N) is 1. The van der Waals surface area contributed by atoms with Crippen LogP contribution < -0.4 is 20.3 Å². The standard InChI is InChI=1S/C21H15F3N2O4/c1-12-8-20(28)26(14-3-5-15(6-4-14)30-21(22,23)24)10-16(12)13-2-7-18-17(9-13)25-19(27)11-29-18/h2-10H,11H2,1H3,(H,25,27). The second-order valence-corrected chi connectivity index (χ2v) is 6.67. The minimum absolute atomic E-state index is 0.0513. The zero-order chi connectivity index (χ0) is 21.5. The van der Waals surface area contributed by atoms with Gasteiger partial charge in [-0.3, -0.25) is 14.2 Å². The van der Waals surface area contributed by atoms with E-state index in [0.29, 0.717) is 28.3 Å². The molecule has 0 radical (unpaired) electrons. The summed E-state index contributed by atoms with van der Waals surface area (Å²) in [6, 6.07) is 11.7. The van der Waals surface area contributed by atoms with E-state index >= 15 is 0 Å². The molecular formula is C21H15F3N2O4. The maximum absolute atomic E-state index is 12.5. The second kappa shape index (κ2) is 7.25. The van der Waals surface area contributed by atoms with Crippen molar-refractivity contribution < 1.29 is 27.4 Å². The lowest BCUT2D eigenvalue weighted by atomic mass is 10.0. The smallest absolute Gasteiger partial charge is 0.482 e. The molecular weight excluding hydrogens is 401 g/mol. The van der Waals surface area contributed by atoms with Crippen LogP contribution in [-0.4, -0.2) is 23.4 Å². The van der Waals surface area contributed by atoms with Gasteiger partial charge in [0.05, 0.1) is 5.69 Å². The molecule has 1 amide bonds. The van der Waals surface area contributed by atoms with Gasteiger partial charge in [-0.15, -0.1) is 13.2 Å². The van der Waals surface area contributed by atoms with Crippen molar-refractivity contribution in [2.75, 3.05) is 11.9 Å². The van der Waals surface area contributed by atoms with Crippen LogP contribution in [0.1, 0.15) is 5.56 Å². The fourth-order valence-electron chi connectivity index (χ4n) is 3.19. The van der Waals surface area contributed by atoms with E-state index in [1.54, 1.807) is 31.3 Å². The molecule has 1 N–H and O–H groups in total. The van der Waals surface area contributed by atoms with E-state index in [1.165, 1.54) is 22.8 Å². The number of halogens is 3. The molecule has 4 rings (SSSR count). The lowest BCUT2D eigenvalue weighted by Gasteiger charge is -2.19. The van der Waals surface area contributed by atoms with Crippen LogP contribution >= 0.6 is 0 Å². The molecule has 2 aromatic carbocycles. The van der Waals surface area contributed by atoms with Crippen LogP contribution in [0.3, 0.4) is 0 Å². The van der Waals surface area contributed by atoms with Crippen LogP contribution in [-0.2, 0) is 4.79 Å². The Morgan fingerprint density at radius 3 is 2.50 bits per heavy atom. The third-order valence-corrected chi connectivity index (χ3v) is 4.53. The number of anilines is 1. The number of carbonyl (C=O) groups excluding carboxylic acids is 1. The Morgan fingerprint density at radius 2 is 1.80 bits per heavy atom. The summed E-state index contributed by atoms with van der Waals surface area (Å²) in [4.78, 5) is 24.1. The summed E-state index contributed by atoms with van der Waals surface area (Å²) < 4.78 is 47.6. The van der Waals surface area contributed by atoms with Crippen LogP contribution in [0.25, 0.3) is 16.8 Å². The predicted octanol–water partition coefficient (Wildman–Crippen LogP) is 4.04. The van der Waals surface area contributed by atoms with Gasteiger partial charge in [0.25, 0.3) is 11.5 Å². The van der Waals surface area contributed by atoms with E-state index < -0.39 is 6.36 Å². The predicted molar refractivity (Wildman–Crippen MR) is 103 cm³/mol. The molecule has 0 fully saturated rings. The maximum Gasteiger partial charge on any atom is 0.573 e. The SMILES string of the molecule is Cc1cc(=O)n(-c2ccc(OC(F)(F)F)cc2)cc1-c1ccc2c(c1)NC(=O)CO2. The van der Waals surface area contributed by atoms with Crippen LogP contribution in [0.15, 0.2) is 59.5 Å². The summed E-state index contributed by atoms with van der Waals surface area (Å²) in [5, 5.41) is 2.73. The first-order valence-electron chi connectivity index (χ1n) is 8.86. The first-order valence-corrected chi connectivity index (χ1v) is 8.86. The molecule has 1 aliphatic rings.